The number of aromatic nitrogens is 2. The fourth-order valence-corrected chi connectivity index (χ4v) is 4.07. The minimum Gasteiger partial charge on any atom is -0.461 e. The van der Waals surface area contributed by atoms with Gasteiger partial charge in [-0.2, -0.15) is 5.10 Å². The van der Waals surface area contributed by atoms with E-state index in [9.17, 15) is 9.90 Å². The molecule has 3 rings (SSSR count). The van der Waals surface area contributed by atoms with Gasteiger partial charge in [0, 0.05) is 38.8 Å². The number of nitrogens with zero attached hydrogens (tertiary/aromatic N) is 3. The van der Waals surface area contributed by atoms with E-state index in [0.29, 0.717) is 32.2 Å². The monoisotopic (exact) mass is 405 g/mol. The van der Waals surface area contributed by atoms with Crippen LogP contribution in [0.5, 0.6) is 0 Å². The maximum atomic E-state index is 12.4. The summed E-state index contributed by atoms with van der Waals surface area (Å²) in [6.07, 6.45) is 0.454. The van der Waals surface area contributed by atoms with Crippen molar-refractivity contribution >= 4 is 30.6 Å². The van der Waals surface area contributed by atoms with E-state index in [4.69, 9.17) is 9.47 Å². The van der Waals surface area contributed by atoms with Gasteiger partial charge in [-0.05, 0) is 37.6 Å². The molecule has 0 unspecified atom stereocenters. The molecule has 0 spiro atoms. The number of benzene rings is 1. The SMILES string of the molecule is CCOC(=O)c1nn(COCC[Si](C)(C)C)c2ccc(N3CC[C@@H](O)C3)cc12. The van der Waals surface area contributed by atoms with Gasteiger partial charge in [-0.3, -0.25) is 0 Å². The van der Waals surface area contributed by atoms with Crippen LogP contribution in [0.3, 0.4) is 0 Å². The van der Waals surface area contributed by atoms with Gasteiger partial charge in [-0.15, -0.1) is 0 Å². The van der Waals surface area contributed by atoms with Crippen molar-refractivity contribution in [2.45, 2.75) is 51.9 Å². The van der Waals surface area contributed by atoms with Gasteiger partial charge in [0.15, 0.2) is 5.69 Å². The molecule has 0 aliphatic carbocycles. The lowest BCUT2D eigenvalue weighted by molar-refractivity contribution is 0.0513. The summed E-state index contributed by atoms with van der Waals surface area (Å²) in [5, 5.41) is 15.1. The average Bonchev–Trinajstić information content (AvgIpc) is 3.21. The molecule has 0 radical (unpaired) electrons. The highest BCUT2D eigenvalue weighted by Gasteiger charge is 2.23. The Hall–Kier alpha value is -1.90. The van der Waals surface area contributed by atoms with Crippen LogP contribution in [-0.4, -0.2) is 61.3 Å². The molecular formula is C20H31N3O4Si. The van der Waals surface area contributed by atoms with E-state index >= 15 is 0 Å². The van der Waals surface area contributed by atoms with Crippen molar-refractivity contribution < 1.29 is 19.4 Å². The maximum absolute atomic E-state index is 12.4. The van der Waals surface area contributed by atoms with Gasteiger partial charge in [-0.25, -0.2) is 9.48 Å². The Morgan fingerprint density at radius 3 is 2.79 bits per heavy atom. The Morgan fingerprint density at radius 1 is 1.36 bits per heavy atom. The van der Waals surface area contributed by atoms with Gasteiger partial charge in [0.1, 0.15) is 6.73 Å². The summed E-state index contributed by atoms with van der Waals surface area (Å²) in [6.45, 7) is 11.4. The molecule has 2 heterocycles. The van der Waals surface area contributed by atoms with Gasteiger partial charge in [0.2, 0.25) is 0 Å². The zero-order valence-electron chi connectivity index (χ0n) is 17.3. The second-order valence-electron chi connectivity index (χ2n) is 8.51. The number of aliphatic hydroxyl groups is 1. The number of anilines is 1. The van der Waals surface area contributed by atoms with Crippen molar-refractivity contribution in [3.8, 4) is 0 Å². The van der Waals surface area contributed by atoms with Gasteiger partial charge in [0.05, 0.1) is 18.2 Å². The fraction of sp³-hybridized carbons (Fsp3) is 0.600. The van der Waals surface area contributed by atoms with Crippen molar-refractivity contribution in [1.82, 2.24) is 9.78 Å². The number of hydrogen-bond acceptors (Lipinski definition) is 6. The summed E-state index contributed by atoms with van der Waals surface area (Å²) in [4.78, 5) is 14.6. The van der Waals surface area contributed by atoms with Crippen LogP contribution in [0.2, 0.25) is 25.7 Å². The first-order chi connectivity index (χ1) is 13.3. The molecule has 1 N–H and O–H groups in total. The predicted octanol–water partition coefficient (Wildman–Crippen LogP) is 3.10. The van der Waals surface area contributed by atoms with E-state index in [-0.39, 0.29) is 6.10 Å². The third kappa shape index (κ3) is 4.92. The molecule has 2 aromatic rings. The zero-order valence-corrected chi connectivity index (χ0v) is 18.3. The van der Waals surface area contributed by atoms with Gasteiger partial charge >= 0.3 is 5.97 Å². The van der Waals surface area contributed by atoms with E-state index in [2.05, 4.69) is 29.6 Å². The minimum absolute atomic E-state index is 0.303. The van der Waals surface area contributed by atoms with E-state index in [1.54, 1.807) is 11.6 Å². The normalized spacial score (nSPS) is 17.5. The highest BCUT2D eigenvalue weighted by Crippen LogP contribution is 2.28. The highest BCUT2D eigenvalue weighted by atomic mass is 28.3. The topological polar surface area (TPSA) is 76.8 Å². The number of hydrogen-bond donors (Lipinski definition) is 1. The van der Waals surface area contributed by atoms with E-state index in [1.807, 2.05) is 18.2 Å². The number of carbonyl (C=O) groups excluding carboxylic acids is 1. The van der Waals surface area contributed by atoms with E-state index < -0.39 is 14.0 Å². The number of carbonyl (C=O) groups is 1. The largest absolute Gasteiger partial charge is 0.461 e. The maximum Gasteiger partial charge on any atom is 0.359 e. The molecule has 1 aliphatic rings. The molecular weight excluding hydrogens is 374 g/mol. The molecule has 1 aromatic carbocycles. The third-order valence-corrected chi connectivity index (χ3v) is 6.65. The van der Waals surface area contributed by atoms with Crippen LogP contribution in [0.1, 0.15) is 23.8 Å². The minimum atomic E-state index is -1.16. The van der Waals surface area contributed by atoms with Crippen molar-refractivity contribution in [1.29, 1.82) is 0 Å². The first-order valence-electron chi connectivity index (χ1n) is 9.97. The van der Waals surface area contributed by atoms with Crippen molar-refractivity contribution in [2.75, 3.05) is 31.2 Å². The third-order valence-electron chi connectivity index (χ3n) is 4.94. The van der Waals surface area contributed by atoms with Crippen LogP contribution < -0.4 is 4.90 Å². The molecule has 1 saturated heterocycles. The number of aliphatic hydroxyl groups excluding tert-OH is 1. The number of ether oxygens (including phenoxy) is 2. The lowest BCUT2D eigenvalue weighted by Crippen LogP contribution is -2.22. The second kappa shape index (κ2) is 8.63. The molecule has 7 nitrogen and oxygen atoms in total. The Morgan fingerprint density at radius 2 is 2.14 bits per heavy atom. The molecule has 28 heavy (non-hydrogen) atoms. The second-order valence-corrected chi connectivity index (χ2v) is 14.1. The van der Waals surface area contributed by atoms with Crippen LogP contribution in [0, 0.1) is 0 Å². The van der Waals surface area contributed by atoms with Gasteiger partial charge < -0.3 is 19.5 Å². The van der Waals surface area contributed by atoms with Gasteiger partial charge in [0.25, 0.3) is 0 Å². The Bertz CT molecular complexity index is 831. The number of β-amino-alcohol motifs (C(OH)–C–C–N with tert-alkyl or cyclic N) is 1. The molecule has 1 fully saturated rings. The molecule has 1 aliphatic heterocycles. The number of rotatable bonds is 8. The van der Waals surface area contributed by atoms with Gasteiger partial charge in [-0.1, -0.05) is 19.6 Å². The summed E-state index contributed by atoms with van der Waals surface area (Å²) >= 11 is 0. The van der Waals surface area contributed by atoms with Crippen molar-refractivity contribution in [2.24, 2.45) is 0 Å². The zero-order chi connectivity index (χ0) is 20.3. The molecule has 8 heteroatoms. The standard InChI is InChI=1S/C20H31N3O4Si/c1-5-27-20(25)19-17-12-15(22-9-8-16(24)13-22)6-7-18(17)23(21-19)14-26-10-11-28(2,3)4/h6-7,12,16,24H,5,8-11,13-14H2,1-4H3/t16-/m1/s1. The van der Waals surface area contributed by atoms with E-state index in [1.165, 1.54) is 0 Å². The van der Waals surface area contributed by atoms with E-state index in [0.717, 1.165) is 35.6 Å². The first kappa shape index (κ1) is 20.8. The summed E-state index contributed by atoms with van der Waals surface area (Å²) in [6, 6.07) is 7.02. The van der Waals surface area contributed by atoms with Crippen molar-refractivity contribution in [3.63, 3.8) is 0 Å². The quantitative estimate of drug-likeness (QED) is 0.413. The lowest BCUT2D eigenvalue weighted by Gasteiger charge is -2.18. The van der Waals surface area contributed by atoms with Crippen LogP contribution >= 0.6 is 0 Å². The van der Waals surface area contributed by atoms with Crippen LogP contribution in [0.25, 0.3) is 10.9 Å². The van der Waals surface area contributed by atoms with Crippen LogP contribution in [-0.2, 0) is 16.2 Å². The summed E-state index contributed by atoms with van der Waals surface area (Å²) in [5.74, 6) is -0.424. The Labute approximate surface area is 167 Å². The number of esters is 1. The molecule has 0 saturated carbocycles. The molecule has 0 bridgehead atoms. The van der Waals surface area contributed by atoms with Crippen LogP contribution in [0.4, 0.5) is 5.69 Å². The summed E-state index contributed by atoms with van der Waals surface area (Å²) < 4.78 is 12.8. The first-order valence-corrected chi connectivity index (χ1v) is 13.7. The average molecular weight is 406 g/mol. The fourth-order valence-electron chi connectivity index (χ4n) is 3.32. The Kier molecular flexibility index (Phi) is 6.42. The summed E-state index contributed by atoms with van der Waals surface area (Å²) in [5.41, 5.74) is 2.14. The number of fused-ring (bicyclic) bond motifs is 1. The summed E-state index contributed by atoms with van der Waals surface area (Å²) in [7, 11) is -1.16. The lowest BCUT2D eigenvalue weighted by atomic mass is 10.1. The predicted molar refractivity (Wildman–Crippen MR) is 113 cm³/mol. The smallest absolute Gasteiger partial charge is 0.359 e. The van der Waals surface area contributed by atoms with Crippen LogP contribution in [0.15, 0.2) is 18.2 Å². The Balaban J connectivity index is 1.86. The molecule has 0 amide bonds. The molecule has 154 valence electrons. The molecule has 1 atom stereocenters. The molecule has 1 aromatic heterocycles. The van der Waals surface area contributed by atoms with Crippen molar-refractivity contribution in [3.05, 3.63) is 23.9 Å². The highest BCUT2D eigenvalue weighted by molar-refractivity contribution is 6.76.